The molecular formula is C29H36O9S2. The zero-order valence-electron chi connectivity index (χ0n) is 22.8. The van der Waals surface area contributed by atoms with Gasteiger partial charge in [-0.25, -0.2) is 14.4 Å². The lowest BCUT2D eigenvalue weighted by atomic mass is 10.1. The van der Waals surface area contributed by atoms with Gasteiger partial charge in [0.05, 0.1) is 32.0 Å². The van der Waals surface area contributed by atoms with E-state index in [2.05, 4.69) is 13.2 Å². The molecule has 218 valence electrons. The van der Waals surface area contributed by atoms with E-state index in [1.54, 1.807) is 47.8 Å². The molecule has 2 rings (SSSR count). The van der Waals surface area contributed by atoms with Crippen LogP contribution in [0.2, 0.25) is 0 Å². The predicted molar refractivity (Wildman–Crippen MR) is 158 cm³/mol. The van der Waals surface area contributed by atoms with Crippen LogP contribution in [-0.2, 0) is 33.3 Å². The van der Waals surface area contributed by atoms with Gasteiger partial charge in [0, 0.05) is 23.7 Å². The normalized spacial score (nSPS) is 12.2. The van der Waals surface area contributed by atoms with E-state index < -0.39 is 30.1 Å². The largest absolute Gasteiger partial charge is 0.490 e. The molecule has 9 nitrogen and oxygen atoms in total. The molecule has 0 saturated heterocycles. The molecule has 2 aromatic rings. The van der Waals surface area contributed by atoms with Gasteiger partial charge in [-0.3, -0.25) is 0 Å². The lowest BCUT2D eigenvalue weighted by Gasteiger charge is -2.18. The van der Waals surface area contributed by atoms with Crippen LogP contribution in [0.15, 0.2) is 61.7 Å². The molecule has 0 fully saturated rings. The minimum absolute atomic E-state index is 0.103. The van der Waals surface area contributed by atoms with Gasteiger partial charge in [0.25, 0.3) is 0 Å². The van der Waals surface area contributed by atoms with E-state index in [0.717, 1.165) is 34.4 Å². The zero-order chi connectivity index (χ0) is 29.2. The van der Waals surface area contributed by atoms with Crippen molar-refractivity contribution in [3.05, 3.63) is 67.3 Å². The topological polar surface area (TPSA) is 107 Å². The molecular weight excluding hydrogens is 556 g/mol. The summed E-state index contributed by atoms with van der Waals surface area (Å²) in [7, 11) is 0. The summed E-state index contributed by atoms with van der Waals surface area (Å²) in [6.45, 7) is 8.10. The Bertz CT molecular complexity index is 1120. The molecule has 0 saturated carbocycles. The minimum atomic E-state index is -0.748. The number of rotatable bonds is 20. The Balaban J connectivity index is 1.98. The van der Waals surface area contributed by atoms with Crippen molar-refractivity contribution in [2.45, 2.75) is 12.2 Å². The van der Waals surface area contributed by atoms with Crippen LogP contribution in [0, 0.1) is 0 Å². The van der Waals surface area contributed by atoms with E-state index in [1.165, 1.54) is 0 Å². The summed E-state index contributed by atoms with van der Waals surface area (Å²) >= 11 is 3.29. The molecule has 0 radical (unpaired) electrons. The minimum Gasteiger partial charge on any atom is -0.490 e. The van der Waals surface area contributed by atoms with E-state index in [0.29, 0.717) is 24.5 Å². The fourth-order valence-corrected chi connectivity index (χ4v) is 3.82. The quantitative estimate of drug-likeness (QED) is 0.0949. The fourth-order valence-electron chi connectivity index (χ4n) is 3.25. The lowest BCUT2D eigenvalue weighted by Crippen LogP contribution is -2.29. The Hall–Kier alpha value is -2.99. The molecule has 0 aliphatic carbocycles. The highest BCUT2D eigenvalue weighted by Crippen LogP contribution is 2.23. The van der Waals surface area contributed by atoms with Crippen LogP contribution < -0.4 is 4.74 Å². The van der Waals surface area contributed by atoms with Gasteiger partial charge in [0.1, 0.15) is 19.0 Å². The molecule has 2 atom stereocenters. The lowest BCUT2D eigenvalue weighted by molar-refractivity contribution is -0.149. The first-order chi connectivity index (χ1) is 19.4. The number of hydrogen-bond donors (Lipinski definition) is 0. The number of carbonyl (C=O) groups excluding carboxylic acids is 3. The molecule has 0 bridgehead atoms. The second-order valence-electron chi connectivity index (χ2n) is 8.29. The highest BCUT2D eigenvalue weighted by Gasteiger charge is 2.18. The summed E-state index contributed by atoms with van der Waals surface area (Å²) in [5.41, 5.74) is 0.344. The molecule has 0 aromatic heterocycles. The van der Waals surface area contributed by atoms with Gasteiger partial charge in [0.2, 0.25) is 0 Å². The van der Waals surface area contributed by atoms with Crippen molar-refractivity contribution in [2.24, 2.45) is 0 Å². The fraction of sp³-hybridized carbons (Fsp3) is 0.414. The summed E-state index contributed by atoms with van der Waals surface area (Å²) in [5.74, 6) is 0.473. The zero-order valence-corrected chi connectivity index (χ0v) is 24.5. The van der Waals surface area contributed by atoms with Crippen molar-refractivity contribution in [3.8, 4) is 5.75 Å². The summed E-state index contributed by atoms with van der Waals surface area (Å²) in [5, 5.41) is 1.64. The molecule has 11 heteroatoms. The van der Waals surface area contributed by atoms with Crippen molar-refractivity contribution in [1.82, 2.24) is 0 Å². The van der Waals surface area contributed by atoms with Gasteiger partial charge in [0.15, 0.2) is 12.2 Å². The SMILES string of the molecule is C=CC(=O)OC(COCCSC)COC(=O)c1ccc2cc(OCC(COCCSC)OC(=O)C=C)ccc2c1. The smallest absolute Gasteiger partial charge is 0.338 e. The van der Waals surface area contributed by atoms with E-state index in [4.69, 9.17) is 28.4 Å². The van der Waals surface area contributed by atoms with Crippen LogP contribution in [0.1, 0.15) is 10.4 Å². The van der Waals surface area contributed by atoms with Gasteiger partial charge in [-0.05, 0) is 47.5 Å². The van der Waals surface area contributed by atoms with E-state index in [-0.39, 0.29) is 26.4 Å². The van der Waals surface area contributed by atoms with Gasteiger partial charge in [-0.15, -0.1) is 0 Å². The third-order valence-corrected chi connectivity index (χ3v) is 6.40. The first-order valence-corrected chi connectivity index (χ1v) is 15.3. The molecule has 2 aromatic carbocycles. The van der Waals surface area contributed by atoms with Crippen molar-refractivity contribution in [2.75, 3.05) is 63.7 Å². The number of hydrogen-bond acceptors (Lipinski definition) is 11. The maximum Gasteiger partial charge on any atom is 0.338 e. The Kier molecular flexibility index (Phi) is 15.9. The van der Waals surface area contributed by atoms with Crippen LogP contribution in [0.5, 0.6) is 5.75 Å². The molecule has 2 unspecified atom stereocenters. The molecule has 40 heavy (non-hydrogen) atoms. The summed E-state index contributed by atoms with van der Waals surface area (Å²) in [6, 6.07) is 10.5. The Morgan fingerprint density at radius 3 is 1.90 bits per heavy atom. The number of fused-ring (bicyclic) bond motifs is 1. The predicted octanol–water partition coefficient (Wildman–Crippen LogP) is 4.33. The molecule has 0 heterocycles. The molecule has 0 amide bonds. The van der Waals surface area contributed by atoms with E-state index in [1.807, 2.05) is 24.6 Å². The Morgan fingerprint density at radius 2 is 1.32 bits per heavy atom. The van der Waals surface area contributed by atoms with Crippen LogP contribution in [-0.4, -0.2) is 93.8 Å². The average molecular weight is 593 g/mol. The van der Waals surface area contributed by atoms with Crippen molar-refractivity contribution < 1.29 is 42.8 Å². The third-order valence-electron chi connectivity index (χ3n) is 5.25. The highest BCUT2D eigenvalue weighted by atomic mass is 32.2. The van der Waals surface area contributed by atoms with Gasteiger partial charge >= 0.3 is 17.9 Å². The summed E-state index contributed by atoms with van der Waals surface area (Å²) in [6.07, 6.45) is 4.75. The van der Waals surface area contributed by atoms with Crippen molar-refractivity contribution >= 4 is 52.2 Å². The van der Waals surface area contributed by atoms with E-state index >= 15 is 0 Å². The van der Waals surface area contributed by atoms with Crippen LogP contribution in [0.3, 0.4) is 0 Å². The number of thioether (sulfide) groups is 2. The summed E-state index contributed by atoms with van der Waals surface area (Å²) < 4.78 is 32.9. The first kappa shape index (κ1) is 33.2. The van der Waals surface area contributed by atoms with Crippen molar-refractivity contribution in [1.29, 1.82) is 0 Å². The molecule has 0 aliphatic rings. The monoisotopic (exact) mass is 592 g/mol. The van der Waals surface area contributed by atoms with Crippen LogP contribution in [0.25, 0.3) is 10.8 Å². The number of carbonyl (C=O) groups is 3. The number of esters is 3. The molecule has 0 spiro atoms. The number of ether oxygens (including phenoxy) is 6. The van der Waals surface area contributed by atoms with Crippen LogP contribution >= 0.6 is 23.5 Å². The highest BCUT2D eigenvalue weighted by molar-refractivity contribution is 7.98. The Morgan fingerprint density at radius 1 is 0.775 bits per heavy atom. The molecule has 0 N–H and O–H groups in total. The van der Waals surface area contributed by atoms with Gasteiger partial charge in [-0.1, -0.05) is 25.3 Å². The maximum absolute atomic E-state index is 12.7. The van der Waals surface area contributed by atoms with Crippen LogP contribution in [0.4, 0.5) is 0 Å². The second kappa shape index (κ2) is 19.1. The average Bonchev–Trinajstić information content (AvgIpc) is 2.97. The maximum atomic E-state index is 12.7. The number of benzene rings is 2. The third kappa shape index (κ3) is 12.5. The summed E-state index contributed by atoms with van der Waals surface area (Å²) in [4.78, 5) is 36.0. The standard InChI is InChI=1S/C29H36O9S2/c1-5-27(30)37-25(17-33-11-13-39-3)19-35-24-10-9-21-15-23(8-7-22(21)16-24)29(32)36-20-26(38-28(31)6-2)18-34-12-14-40-4/h5-10,15-16,25-26H,1-2,11-14,17-20H2,3-4H3. The van der Waals surface area contributed by atoms with Gasteiger partial charge < -0.3 is 28.4 Å². The second-order valence-corrected chi connectivity index (χ2v) is 10.3. The molecule has 0 aliphatic heterocycles. The van der Waals surface area contributed by atoms with Gasteiger partial charge in [-0.2, -0.15) is 23.5 Å². The first-order valence-electron chi connectivity index (χ1n) is 12.5. The van der Waals surface area contributed by atoms with E-state index in [9.17, 15) is 14.4 Å². The Labute approximate surface area is 243 Å². The van der Waals surface area contributed by atoms with Crippen molar-refractivity contribution in [3.63, 3.8) is 0 Å².